The van der Waals surface area contributed by atoms with Crippen molar-refractivity contribution in [2.45, 2.75) is 26.2 Å². The Balaban J connectivity index is 1.55. The molecule has 3 rings (SSSR count). The smallest absolute Gasteiger partial charge is 0.319 e. The number of hydrogen-bond donors (Lipinski definition) is 1. The minimum Gasteiger partial charge on any atom is -0.349 e. The molecule has 0 aliphatic carbocycles. The molecule has 0 aromatic carbocycles. The highest BCUT2D eigenvalue weighted by Crippen LogP contribution is 2.14. The molecule has 25 heavy (non-hydrogen) atoms. The number of urea groups is 1. The lowest BCUT2D eigenvalue weighted by Gasteiger charge is -2.29. The normalized spacial score (nSPS) is 13.5. The van der Waals surface area contributed by atoms with Crippen LogP contribution in [0.1, 0.15) is 11.4 Å². The van der Waals surface area contributed by atoms with Crippen LogP contribution in [-0.4, -0.2) is 61.9 Å². The minimum absolute atomic E-state index is 0.0137. The highest BCUT2D eigenvalue weighted by molar-refractivity contribution is 6.30. The van der Waals surface area contributed by atoms with Gasteiger partial charge in [0.2, 0.25) is 5.91 Å². The van der Waals surface area contributed by atoms with Gasteiger partial charge < -0.3 is 15.1 Å². The Bertz CT molecular complexity index is 783. The van der Waals surface area contributed by atoms with E-state index in [1.165, 1.54) is 10.9 Å². The molecular weight excluding hydrogens is 346 g/mol. The first-order valence-electron chi connectivity index (χ1n) is 7.89. The summed E-state index contributed by atoms with van der Waals surface area (Å²) in [5, 5.41) is 11.7. The Hall–Kier alpha value is -2.55. The molecule has 1 aliphatic rings. The third kappa shape index (κ3) is 4.11. The molecule has 3 amide bonds. The molecule has 0 fully saturated rings. The average molecular weight is 366 g/mol. The Labute approximate surface area is 150 Å². The van der Waals surface area contributed by atoms with Crippen molar-refractivity contribution in [3.63, 3.8) is 0 Å². The number of rotatable bonds is 4. The van der Waals surface area contributed by atoms with E-state index >= 15 is 0 Å². The van der Waals surface area contributed by atoms with Crippen LogP contribution in [0.2, 0.25) is 5.02 Å². The molecule has 0 unspecified atom stereocenters. The second-order valence-electron chi connectivity index (χ2n) is 6.08. The van der Waals surface area contributed by atoms with Gasteiger partial charge in [-0.15, -0.1) is 0 Å². The van der Waals surface area contributed by atoms with Crippen LogP contribution in [0.5, 0.6) is 0 Å². The maximum absolute atomic E-state index is 12.1. The van der Waals surface area contributed by atoms with Crippen LogP contribution >= 0.6 is 11.6 Å². The Kier molecular flexibility index (Phi) is 4.93. The second kappa shape index (κ2) is 7.14. The SMILES string of the molecule is CN(C)C(=O)N1CCn2nc(CNC(=O)Cn3cc(Cl)cn3)cc2C1. The van der Waals surface area contributed by atoms with Gasteiger partial charge in [-0.2, -0.15) is 10.2 Å². The fourth-order valence-corrected chi connectivity index (χ4v) is 2.83. The number of carbonyl (C=O) groups is 2. The summed E-state index contributed by atoms with van der Waals surface area (Å²) in [6.07, 6.45) is 3.08. The second-order valence-corrected chi connectivity index (χ2v) is 6.52. The molecule has 10 heteroatoms. The molecule has 0 saturated heterocycles. The van der Waals surface area contributed by atoms with Crippen molar-refractivity contribution < 1.29 is 9.59 Å². The molecular formula is C15H20ClN7O2. The summed E-state index contributed by atoms with van der Waals surface area (Å²) >= 11 is 5.77. The quantitative estimate of drug-likeness (QED) is 0.856. The molecule has 0 spiro atoms. The van der Waals surface area contributed by atoms with Crippen LogP contribution in [0.25, 0.3) is 0 Å². The molecule has 0 radical (unpaired) electrons. The van der Waals surface area contributed by atoms with E-state index in [0.717, 1.165) is 11.4 Å². The lowest BCUT2D eigenvalue weighted by molar-refractivity contribution is -0.122. The summed E-state index contributed by atoms with van der Waals surface area (Å²) in [5.41, 5.74) is 1.73. The predicted molar refractivity (Wildman–Crippen MR) is 90.8 cm³/mol. The van der Waals surface area contributed by atoms with Crippen LogP contribution in [0.3, 0.4) is 0 Å². The summed E-state index contributed by atoms with van der Waals surface area (Å²) in [7, 11) is 3.48. The molecule has 134 valence electrons. The van der Waals surface area contributed by atoms with E-state index < -0.39 is 0 Å². The van der Waals surface area contributed by atoms with Crippen molar-refractivity contribution in [2.24, 2.45) is 0 Å². The predicted octanol–water partition coefficient (Wildman–Crippen LogP) is 0.547. The molecule has 2 aromatic rings. The van der Waals surface area contributed by atoms with E-state index in [0.29, 0.717) is 31.2 Å². The van der Waals surface area contributed by atoms with Crippen molar-refractivity contribution in [1.29, 1.82) is 0 Å². The first kappa shape index (κ1) is 17.3. The third-order valence-corrected chi connectivity index (χ3v) is 4.07. The summed E-state index contributed by atoms with van der Waals surface area (Å²) in [6.45, 7) is 2.22. The van der Waals surface area contributed by atoms with E-state index in [9.17, 15) is 9.59 Å². The highest BCUT2D eigenvalue weighted by Gasteiger charge is 2.23. The van der Waals surface area contributed by atoms with E-state index in [4.69, 9.17) is 11.6 Å². The topological polar surface area (TPSA) is 88.3 Å². The van der Waals surface area contributed by atoms with Gasteiger partial charge >= 0.3 is 6.03 Å². The van der Waals surface area contributed by atoms with Gasteiger partial charge in [-0.3, -0.25) is 14.2 Å². The Morgan fingerprint density at radius 2 is 2.16 bits per heavy atom. The number of amides is 3. The lowest BCUT2D eigenvalue weighted by atomic mass is 10.3. The zero-order chi connectivity index (χ0) is 18.0. The van der Waals surface area contributed by atoms with Crippen molar-refractivity contribution in [3.8, 4) is 0 Å². The van der Waals surface area contributed by atoms with Gasteiger partial charge in [0, 0.05) is 26.8 Å². The van der Waals surface area contributed by atoms with Crippen LogP contribution in [0.4, 0.5) is 4.79 Å². The number of nitrogens with zero attached hydrogens (tertiary/aromatic N) is 6. The maximum Gasteiger partial charge on any atom is 0.319 e. The van der Waals surface area contributed by atoms with E-state index in [1.807, 2.05) is 10.7 Å². The molecule has 3 heterocycles. The van der Waals surface area contributed by atoms with Crippen LogP contribution in [-0.2, 0) is 31.0 Å². The van der Waals surface area contributed by atoms with Gasteiger partial charge in [0.05, 0.1) is 42.2 Å². The van der Waals surface area contributed by atoms with Gasteiger partial charge in [0.25, 0.3) is 0 Å². The number of halogens is 1. The van der Waals surface area contributed by atoms with Gasteiger partial charge in [-0.05, 0) is 6.07 Å². The number of nitrogens with one attached hydrogen (secondary N) is 1. The number of hydrogen-bond acceptors (Lipinski definition) is 4. The van der Waals surface area contributed by atoms with Crippen LogP contribution < -0.4 is 5.32 Å². The fraction of sp³-hybridized carbons (Fsp3) is 0.467. The lowest BCUT2D eigenvalue weighted by Crippen LogP contribution is -2.43. The van der Waals surface area contributed by atoms with Crippen molar-refractivity contribution >= 4 is 23.5 Å². The van der Waals surface area contributed by atoms with Gasteiger partial charge in [-0.25, -0.2) is 4.79 Å². The summed E-state index contributed by atoms with van der Waals surface area (Å²) in [6, 6.07) is 1.90. The van der Waals surface area contributed by atoms with Crippen molar-refractivity contribution in [2.75, 3.05) is 20.6 Å². The fourth-order valence-electron chi connectivity index (χ4n) is 2.68. The average Bonchev–Trinajstić information content (AvgIpc) is 3.16. The third-order valence-electron chi connectivity index (χ3n) is 3.88. The molecule has 9 nitrogen and oxygen atoms in total. The summed E-state index contributed by atoms with van der Waals surface area (Å²) < 4.78 is 3.36. The van der Waals surface area contributed by atoms with E-state index in [2.05, 4.69) is 15.5 Å². The highest BCUT2D eigenvalue weighted by atomic mass is 35.5. The van der Waals surface area contributed by atoms with Crippen molar-refractivity contribution in [1.82, 2.24) is 34.7 Å². The standard InChI is InChI=1S/C15H20ClN7O2/c1-20(2)15(25)21-3-4-23-13(9-21)5-12(19-23)7-17-14(24)10-22-8-11(16)6-18-22/h5-6,8H,3-4,7,9-10H2,1-2H3,(H,17,24). The van der Waals surface area contributed by atoms with E-state index in [1.54, 1.807) is 30.1 Å². The number of carbonyl (C=O) groups excluding carboxylic acids is 2. The zero-order valence-corrected chi connectivity index (χ0v) is 14.9. The van der Waals surface area contributed by atoms with E-state index in [-0.39, 0.29) is 18.5 Å². The largest absolute Gasteiger partial charge is 0.349 e. The maximum atomic E-state index is 12.1. The van der Waals surface area contributed by atoms with Crippen LogP contribution in [0, 0.1) is 0 Å². The Morgan fingerprint density at radius 3 is 2.84 bits per heavy atom. The molecule has 1 N–H and O–H groups in total. The minimum atomic E-state index is -0.171. The zero-order valence-electron chi connectivity index (χ0n) is 14.1. The molecule has 2 aromatic heterocycles. The molecule has 0 atom stereocenters. The van der Waals surface area contributed by atoms with Crippen LogP contribution in [0.15, 0.2) is 18.5 Å². The number of aromatic nitrogens is 4. The first-order chi connectivity index (χ1) is 11.9. The van der Waals surface area contributed by atoms with Gasteiger partial charge in [0.15, 0.2) is 0 Å². The first-order valence-corrected chi connectivity index (χ1v) is 8.26. The number of fused-ring (bicyclic) bond motifs is 1. The summed E-state index contributed by atoms with van der Waals surface area (Å²) in [5.74, 6) is -0.171. The van der Waals surface area contributed by atoms with Crippen molar-refractivity contribution in [3.05, 3.63) is 34.9 Å². The van der Waals surface area contributed by atoms with Gasteiger partial charge in [-0.1, -0.05) is 11.6 Å². The Morgan fingerprint density at radius 1 is 1.36 bits per heavy atom. The molecule has 0 saturated carbocycles. The van der Waals surface area contributed by atoms with Gasteiger partial charge in [0.1, 0.15) is 6.54 Å². The summed E-state index contributed by atoms with van der Waals surface area (Å²) in [4.78, 5) is 27.3. The molecule has 1 aliphatic heterocycles. The monoisotopic (exact) mass is 365 g/mol. The molecule has 0 bridgehead atoms.